The minimum atomic E-state index is -0.295. The van der Waals surface area contributed by atoms with Gasteiger partial charge in [-0.05, 0) is 49.4 Å². The molecule has 0 radical (unpaired) electrons. The molecule has 6 nitrogen and oxygen atoms in total. The molecule has 7 heteroatoms. The highest BCUT2D eigenvalue weighted by atomic mass is 19.1. The third kappa shape index (κ3) is 2.84. The second-order valence-corrected chi connectivity index (χ2v) is 7.99. The molecule has 1 aliphatic rings. The number of pyridine rings is 1. The average molecular weight is 391 g/mol. The topological polar surface area (TPSA) is 65.1 Å². The normalized spacial score (nSPS) is 19.8. The number of halogens is 1. The monoisotopic (exact) mass is 391 g/mol. The smallest absolute Gasteiger partial charge is 0.280 e. The van der Waals surface area contributed by atoms with Gasteiger partial charge >= 0.3 is 0 Å². The Kier molecular flexibility index (Phi) is 4.19. The number of benzene rings is 1. The first kappa shape index (κ1) is 18.0. The van der Waals surface area contributed by atoms with E-state index in [1.54, 1.807) is 16.6 Å². The summed E-state index contributed by atoms with van der Waals surface area (Å²) in [6.45, 7) is 4.09. The molecule has 0 bridgehead atoms. The number of aromatic nitrogens is 5. The van der Waals surface area contributed by atoms with E-state index < -0.39 is 0 Å². The van der Waals surface area contributed by atoms with Crippen molar-refractivity contribution in [2.24, 2.45) is 5.92 Å². The molecule has 0 N–H and O–H groups in total. The van der Waals surface area contributed by atoms with Gasteiger partial charge in [-0.2, -0.15) is 5.10 Å². The second-order valence-electron chi connectivity index (χ2n) is 7.99. The molecule has 0 unspecified atom stereocenters. The quantitative estimate of drug-likeness (QED) is 0.511. The molecular weight excluding hydrogens is 369 g/mol. The maximum atomic E-state index is 13.3. The van der Waals surface area contributed by atoms with Gasteiger partial charge in [0.1, 0.15) is 11.3 Å². The van der Waals surface area contributed by atoms with Gasteiger partial charge in [-0.25, -0.2) is 8.91 Å². The summed E-state index contributed by atoms with van der Waals surface area (Å²) in [6, 6.07) is 8.34. The molecular formula is C22H22FN5O. The summed E-state index contributed by atoms with van der Waals surface area (Å²) in [5, 5.41) is 13.2. The molecule has 1 saturated carbocycles. The van der Waals surface area contributed by atoms with E-state index in [4.69, 9.17) is 0 Å². The van der Waals surface area contributed by atoms with Crippen molar-refractivity contribution in [3.63, 3.8) is 0 Å². The van der Waals surface area contributed by atoms with Gasteiger partial charge in [-0.1, -0.05) is 31.9 Å². The lowest BCUT2D eigenvalue weighted by Crippen LogP contribution is -2.31. The van der Waals surface area contributed by atoms with Gasteiger partial charge in [0.15, 0.2) is 11.2 Å². The van der Waals surface area contributed by atoms with Crippen molar-refractivity contribution in [1.29, 1.82) is 0 Å². The zero-order chi connectivity index (χ0) is 20.1. The van der Waals surface area contributed by atoms with Crippen LogP contribution in [0.2, 0.25) is 0 Å². The fourth-order valence-electron chi connectivity index (χ4n) is 4.59. The van der Waals surface area contributed by atoms with E-state index in [1.165, 1.54) is 18.6 Å². The van der Waals surface area contributed by atoms with E-state index in [1.807, 2.05) is 23.8 Å². The third-order valence-corrected chi connectivity index (χ3v) is 6.14. The van der Waals surface area contributed by atoms with Gasteiger partial charge < -0.3 is 4.57 Å². The number of hydrogen-bond donors (Lipinski definition) is 0. The van der Waals surface area contributed by atoms with Crippen LogP contribution in [0.4, 0.5) is 4.39 Å². The lowest BCUT2D eigenvalue weighted by Gasteiger charge is -2.30. The maximum absolute atomic E-state index is 13.3. The van der Waals surface area contributed by atoms with Crippen molar-refractivity contribution in [3.05, 3.63) is 58.4 Å². The van der Waals surface area contributed by atoms with Crippen LogP contribution in [0.1, 0.15) is 44.3 Å². The molecule has 5 rings (SSSR count). The number of fused-ring (bicyclic) bond motifs is 3. The Morgan fingerprint density at radius 1 is 1.07 bits per heavy atom. The van der Waals surface area contributed by atoms with Crippen LogP contribution in [0.15, 0.2) is 41.3 Å². The number of nitrogens with zero attached hydrogens (tertiary/aromatic N) is 5. The molecule has 3 heterocycles. The zero-order valence-corrected chi connectivity index (χ0v) is 16.5. The highest BCUT2D eigenvalue weighted by Gasteiger charge is 2.25. The van der Waals surface area contributed by atoms with Gasteiger partial charge in [0, 0.05) is 12.2 Å². The molecule has 1 aliphatic carbocycles. The molecule has 4 aromatic rings. The lowest BCUT2D eigenvalue weighted by molar-refractivity contribution is 0.253. The lowest BCUT2D eigenvalue weighted by atomic mass is 9.85. The highest BCUT2D eigenvalue weighted by Crippen LogP contribution is 2.33. The third-order valence-electron chi connectivity index (χ3n) is 6.14. The van der Waals surface area contributed by atoms with Crippen molar-refractivity contribution < 1.29 is 4.39 Å². The van der Waals surface area contributed by atoms with Crippen molar-refractivity contribution in [3.8, 4) is 11.1 Å². The Labute approximate surface area is 167 Å². The summed E-state index contributed by atoms with van der Waals surface area (Å²) in [4.78, 5) is 13.2. The van der Waals surface area contributed by atoms with Crippen LogP contribution in [-0.2, 0) is 0 Å². The standard InChI is InChI=1S/C22H22FN5O/c1-13-5-3-4-6-17(13)27-12-11-18-20(22(27)29)24-25-21-19(14(2)26-28(18)21)15-7-9-16(23)10-8-15/h7-13,17H,3-6H2,1-2H3/t13-,17+/m1/s1. The SMILES string of the molecule is Cc1nn2c(nnc3c(=O)n([C@H]4CCCC[C@H]4C)ccc32)c1-c1ccc(F)cc1. The Bertz CT molecular complexity index is 1270. The van der Waals surface area contributed by atoms with E-state index in [0.717, 1.165) is 36.1 Å². The number of hydrogen-bond acceptors (Lipinski definition) is 4. The van der Waals surface area contributed by atoms with Crippen molar-refractivity contribution in [2.45, 2.75) is 45.6 Å². The molecule has 3 aromatic heterocycles. The van der Waals surface area contributed by atoms with Crippen molar-refractivity contribution >= 4 is 16.7 Å². The Morgan fingerprint density at radius 2 is 1.83 bits per heavy atom. The summed E-state index contributed by atoms with van der Waals surface area (Å²) in [7, 11) is 0. The molecule has 29 heavy (non-hydrogen) atoms. The molecule has 0 amide bonds. The molecule has 0 spiro atoms. The first-order valence-electron chi connectivity index (χ1n) is 10.1. The van der Waals surface area contributed by atoms with E-state index in [-0.39, 0.29) is 17.4 Å². The predicted molar refractivity (Wildman–Crippen MR) is 109 cm³/mol. The minimum absolute atomic E-state index is 0.118. The highest BCUT2D eigenvalue weighted by molar-refractivity contribution is 5.84. The molecule has 1 aromatic carbocycles. The molecule has 0 saturated heterocycles. The van der Waals surface area contributed by atoms with Crippen LogP contribution in [0, 0.1) is 18.7 Å². The van der Waals surface area contributed by atoms with Gasteiger partial charge in [-0.15, -0.1) is 10.2 Å². The largest absolute Gasteiger partial charge is 0.310 e. The molecule has 1 fully saturated rings. The fraction of sp³-hybridized carbons (Fsp3) is 0.364. The summed E-state index contributed by atoms with van der Waals surface area (Å²) in [6.07, 6.45) is 6.38. The van der Waals surface area contributed by atoms with Gasteiger partial charge in [0.25, 0.3) is 5.56 Å². The van der Waals surface area contributed by atoms with E-state index in [2.05, 4.69) is 22.2 Å². The Balaban J connectivity index is 1.70. The summed E-state index contributed by atoms with van der Waals surface area (Å²) >= 11 is 0. The predicted octanol–water partition coefficient (Wildman–Crippen LogP) is 4.30. The fourth-order valence-corrected chi connectivity index (χ4v) is 4.59. The van der Waals surface area contributed by atoms with Crippen LogP contribution in [0.5, 0.6) is 0 Å². The first-order valence-corrected chi connectivity index (χ1v) is 10.1. The zero-order valence-electron chi connectivity index (χ0n) is 16.5. The maximum Gasteiger partial charge on any atom is 0.280 e. The number of rotatable bonds is 2. The van der Waals surface area contributed by atoms with Gasteiger partial charge in [-0.3, -0.25) is 4.79 Å². The minimum Gasteiger partial charge on any atom is -0.310 e. The second kappa shape index (κ2) is 6.76. The van der Waals surface area contributed by atoms with E-state index >= 15 is 0 Å². The van der Waals surface area contributed by atoms with Crippen LogP contribution in [-0.4, -0.2) is 24.4 Å². The Morgan fingerprint density at radius 3 is 2.59 bits per heavy atom. The summed E-state index contributed by atoms with van der Waals surface area (Å²) < 4.78 is 16.8. The van der Waals surface area contributed by atoms with Crippen LogP contribution >= 0.6 is 0 Å². The van der Waals surface area contributed by atoms with Crippen molar-refractivity contribution in [1.82, 2.24) is 24.4 Å². The first-order chi connectivity index (χ1) is 14.0. The van der Waals surface area contributed by atoms with Crippen LogP contribution in [0.3, 0.4) is 0 Å². The van der Waals surface area contributed by atoms with Crippen molar-refractivity contribution in [2.75, 3.05) is 0 Å². The molecule has 2 atom stereocenters. The summed E-state index contributed by atoms with van der Waals surface area (Å²) in [5.41, 5.74) is 3.77. The number of aryl methyl sites for hydroxylation is 1. The molecule has 148 valence electrons. The van der Waals surface area contributed by atoms with Gasteiger partial charge in [0.2, 0.25) is 0 Å². The van der Waals surface area contributed by atoms with Crippen LogP contribution < -0.4 is 5.56 Å². The van der Waals surface area contributed by atoms with E-state index in [9.17, 15) is 9.18 Å². The van der Waals surface area contributed by atoms with E-state index in [0.29, 0.717) is 22.6 Å². The van der Waals surface area contributed by atoms with Gasteiger partial charge in [0.05, 0.1) is 11.3 Å². The van der Waals surface area contributed by atoms with Crippen LogP contribution in [0.25, 0.3) is 27.8 Å². The molecule has 0 aliphatic heterocycles. The average Bonchev–Trinajstić information content (AvgIpc) is 3.06. The Hall–Kier alpha value is -3.09. The summed E-state index contributed by atoms with van der Waals surface area (Å²) in [5.74, 6) is 0.171.